The van der Waals surface area contributed by atoms with Crippen molar-refractivity contribution in [2.75, 3.05) is 26.2 Å². The molecule has 0 spiro atoms. The van der Waals surface area contributed by atoms with E-state index in [0.717, 1.165) is 73.5 Å². The average Bonchev–Trinajstić information content (AvgIpc) is 3.44. The zero-order chi connectivity index (χ0) is 30.4. The zero-order valence-electron chi connectivity index (χ0n) is 24.5. The van der Waals surface area contributed by atoms with Gasteiger partial charge in [0.25, 0.3) is 0 Å². The van der Waals surface area contributed by atoms with E-state index in [1.807, 2.05) is 47.2 Å². The van der Waals surface area contributed by atoms with Gasteiger partial charge in [0.15, 0.2) is 0 Å². The van der Waals surface area contributed by atoms with E-state index in [2.05, 4.69) is 18.7 Å². The number of aromatic nitrogens is 2. The number of imidazole rings is 1. The minimum absolute atomic E-state index is 0.0934. The van der Waals surface area contributed by atoms with Gasteiger partial charge in [-0.05, 0) is 99.1 Å². The van der Waals surface area contributed by atoms with E-state index in [9.17, 15) is 17.6 Å². The van der Waals surface area contributed by atoms with E-state index in [1.54, 1.807) is 12.1 Å². The standard InChI is InChI=1S/C34H37F4N3O2/c1-3-5-8-33-39-32(25-9-13-27(14-10-25)42-23-24-7-6-19-40(4-2)21-24)22-41(33)26-11-15-28(16-12-26)43-29-17-18-31(35)30(20-29)34(36,37)38/h9-18,20,22,24H,3-8,19,21,23H2,1-2H3. The molecule has 5 rings (SSSR count). The number of ether oxygens (including phenoxy) is 2. The number of hydrogen-bond acceptors (Lipinski definition) is 4. The molecule has 1 atom stereocenters. The summed E-state index contributed by atoms with van der Waals surface area (Å²) in [6.07, 6.45) is 2.40. The minimum atomic E-state index is -4.81. The third-order valence-corrected chi connectivity index (χ3v) is 7.81. The van der Waals surface area contributed by atoms with E-state index in [1.165, 1.54) is 25.5 Å². The van der Waals surface area contributed by atoms with Crippen LogP contribution in [0.25, 0.3) is 16.9 Å². The summed E-state index contributed by atoms with van der Waals surface area (Å²) in [5.74, 6) is 1.22. The molecule has 2 heterocycles. The number of halogens is 4. The van der Waals surface area contributed by atoms with Crippen LogP contribution in [0, 0.1) is 11.7 Å². The van der Waals surface area contributed by atoms with E-state index < -0.39 is 17.6 Å². The molecule has 5 nitrogen and oxygen atoms in total. The molecule has 1 fully saturated rings. The molecule has 3 aromatic carbocycles. The van der Waals surface area contributed by atoms with Gasteiger partial charge in [0.05, 0.1) is 17.9 Å². The van der Waals surface area contributed by atoms with Crippen molar-refractivity contribution in [3.05, 3.63) is 90.1 Å². The normalized spacial score (nSPS) is 15.9. The van der Waals surface area contributed by atoms with Crippen LogP contribution in [0.15, 0.2) is 72.9 Å². The molecule has 0 amide bonds. The second kappa shape index (κ2) is 13.6. The van der Waals surface area contributed by atoms with Crippen LogP contribution in [0.5, 0.6) is 17.2 Å². The van der Waals surface area contributed by atoms with Gasteiger partial charge in [-0.25, -0.2) is 9.37 Å². The quantitative estimate of drug-likeness (QED) is 0.162. The summed E-state index contributed by atoms with van der Waals surface area (Å²) in [4.78, 5) is 7.41. The fourth-order valence-corrected chi connectivity index (χ4v) is 5.40. The first-order valence-corrected chi connectivity index (χ1v) is 14.9. The Morgan fingerprint density at radius 2 is 1.65 bits per heavy atom. The molecule has 1 saturated heterocycles. The molecular formula is C34H37F4N3O2. The highest BCUT2D eigenvalue weighted by atomic mass is 19.4. The number of unbranched alkanes of at least 4 members (excludes halogenated alkanes) is 1. The lowest BCUT2D eigenvalue weighted by molar-refractivity contribution is -0.140. The second-order valence-electron chi connectivity index (χ2n) is 11.0. The molecule has 0 saturated carbocycles. The zero-order valence-corrected chi connectivity index (χ0v) is 24.5. The van der Waals surface area contributed by atoms with Gasteiger partial charge in [-0.3, -0.25) is 0 Å². The summed E-state index contributed by atoms with van der Waals surface area (Å²) >= 11 is 0. The lowest BCUT2D eigenvalue weighted by atomic mass is 9.99. The average molecular weight is 596 g/mol. The van der Waals surface area contributed by atoms with Crippen LogP contribution >= 0.6 is 0 Å². The molecule has 1 aromatic heterocycles. The summed E-state index contributed by atoms with van der Waals surface area (Å²) < 4.78 is 66.7. The molecule has 228 valence electrons. The highest BCUT2D eigenvalue weighted by Crippen LogP contribution is 2.35. The summed E-state index contributed by atoms with van der Waals surface area (Å²) in [6.45, 7) is 8.40. The summed E-state index contributed by atoms with van der Waals surface area (Å²) in [6, 6.07) is 17.6. The summed E-state index contributed by atoms with van der Waals surface area (Å²) in [5.41, 5.74) is 1.31. The van der Waals surface area contributed by atoms with Crippen molar-refractivity contribution < 1.29 is 27.0 Å². The van der Waals surface area contributed by atoms with Crippen LogP contribution < -0.4 is 9.47 Å². The number of alkyl halides is 3. The van der Waals surface area contributed by atoms with Gasteiger partial charge in [0.2, 0.25) is 0 Å². The third kappa shape index (κ3) is 7.76. The summed E-state index contributed by atoms with van der Waals surface area (Å²) in [5, 5.41) is 0. The van der Waals surface area contributed by atoms with Crippen molar-refractivity contribution in [1.82, 2.24) is 14.5 Å². The highest BCUT2D eigenvalue weighted by molar-refractivity contribution is 5.61. The van der Waals surface area contributed by atoms with Gasteiger partial charge < -0.3 is 18.9 Å². The Kier molecular flexibility index (Phi) is 9.70. The van der Waals surface area contributed by atoms with Crippen molar-refractivity contribution in [2.24, 2.45) is 5.92 Å². The topological polar surface area (TPSA) is 39.5 Å². The first kappa shape index (κ1) is 30.6. The number of benzene rings is 3. The number of likely N-dealkylation sites (tertiary alicyclic amines) is 1. The molecular weight excluding hydrogens is 558 g/mol. The van der Waals surface area contributed by atoms with Gasteiger partial charge >= 0.3 is 6.18 Å². The largest absolute Gasteiger partial charge is 0.493 e. The smallest absolute Gasteiger partial charge is 0.419 e. The Hall–Kier alpha value is -3.85. The highest BCUT2D eigenvalue weighted by Gasteiger charge is 2.34. The molecule has 43 heavy (non-hydrogen) atoms. The lowest BCUT2D eigenvalue weighted by Crippen LogP contribution is -2.37. The Balaban J connectivity index is 1.29. The van der Waals surface area contributed by atoms with Gasteiger partial charge in [-0.1, -0.05) is 20.3 Å². The van der Waals surface area contributed by atoms with Crippen LogP contribution in [0.1, 0.15) is 50.9 Å². The van der Waals surface area contributed by atoms with Crippen molar-refractivity contribution in [3.63, 3.8) is 0 Å². The van der Waals surface area contributed by atoms with E-state index >= 15 is 0 Å². The number of nitrogens with zero attached hydrogens (tertiary/aromatic N) is 3. The second-order valence-corrected chi connectivity index (χ2v) is 11.0. The Bertz CT molecular complexity index is 1480. The first-order chi connectivity index (χ1) is 20.7. The van der Waals surface area contributed by atoms with Gasteiger partial charge in [0.1, 0.15) is 28.9 Å². The SMILES string of the molecule is CCCCc1nc(-c2ccc(OCC3CCCN(CC)C3)cc2)cn1-c1ccc(Oc2ccc(F)c(C(F)(F)F)c2)cc1. The maximum atomic E-state index is 13.7. The predicted octanol–water partition coefficient (Wildman–Crippen LogP) is 8.94. The van der Waals surface area contributed by atoms with Gasteiger partial charge in [0, 0.05) is 36.3 Å². The maximum absolute atomic E-state index is 13.7. The minimum Gasteiger partial charge on any atom is -0.493 e. The van der Waals surface area contributed by atoms with Gasteiger partial charge in [-0.15, -0.1) is 0 Å². The predicted molar refractivity (Wildman–Crippen MR) is 159 cm³/mol. The number of rotatable bonds is 11. The Morgan fingerprint density at radius 3 is 2.35 bits per heavy atom. The van der Waals surface area contributed by atoms with Crippen molar-refractivity contribution >= 4 is 0 Å². The van der Waals surface area contributed by atoms with Crippen molar-refractivity contribution in [2.45, 2.75) is 52.1 Å². The molecule has 0 N–H and O–H groups in total. The Labute approximate surface area is 250 Å². The molecule has 4 aromatic rings. The molecule has 1 aliphatic heterocycles. The van der Waals surface area contributed by atoms with Crippen LogP contribution in [0.4, 0.5) is 17.6 Å². The monoisotopic (exact) mass is 595 g/mol. The van der Waals surface area contributed by atoms with Crippen LogP contribution in [0.2, 0.25) is 0 Å². The summed E-state index contributed by atoms with van der Waals surface area (Å²) in [7, 11) is 0. The third-order valence-electron chi connectivity index (χ3n) is 7.81. The van der Waals surface area contributed by atoms with Crippen LogP contribution in [0.3, 0.4) is 0 Å². The van der Waals surface area contributed by atoms with E-state index in [0.29, 0.717) is 17.7 Å². The lowest BCUT2D eigenvalue weighted by Gasteiger charge is -2.31. The number of aryl methyl sites for hydroxylation is 1. The number of piperidine rings is 1. The van der Waals surface area contributed by atoms with Crippen molar-refractivity contribution in [3.8, 4) is 34.2 Å². The van der Waals surface area contributed by atoms with E-state index in [4.69, 9.17) is 14.5 Å². The van der Waals surface area contributed by atoms with Crippen LogP contribution in [-0.2, 0) is 12.6 Å². The number of hydrogen-bond donors (Lipinski definition) is 0. The molecule has 9 heteroatoms. The van der Waals surface area contributed by atoms with Gasteiger partial charge in [-0.2, -0.15) is 13.2 Å². The molecule has 1 unspecified atom stereocenters. The molecule has 0 aliphatic carbocycles. The maximum Gasteiger partial charge on any atom is 0.419 e. The fourth-order valence-electron chi connectivity index (χ4n) is 5.40. The fraction of sp³-hybridized carbons (Fsp3) is 0.382. The molecule has 0 bridgehead atoms. The molecule has 0 radical (unpaired) electrons. The first-order valence-electron chi connectivity index (χ1n) is 14.9. The van der Waals surface area contributed by atoms with E-state index in [-0.39, 0.29) is 5.75 Å². The van der Waals surface area contributed by atoms with Crippen molar-refractivity contribution in [1.29, 1.82) is 0 Å². The van der Waals surface area contributed by atoms with Crippen LogP contribution in [-0.4, -0.2) is 40.7 Å². The molecule has 1 aliphatic rings. The Morgan fingerprint density at radius 1 is 0.930 bits per heavy atom.